The highest BCUT2D eigenvalue weighted by molar-refractivity contribution is 5.70. The van der Waals surface area contributed by atoms with Crippen LogP contribution in [0.3, 0.4) is 0 Å². The fourth-order valence-corrected chi connectivity index (χ4v) is 5.62. The summed E-state index contributed by atoms with van der Waals surface area (Å²) in [6, 6.07) is 8.99. The molecule has 0 bridgehead atoms. The van der Waals surface area contributed by atoms with E-state index in [-0.39, 0.29) is 0 Å². The van der Waals surface area contributed by atoms with E-state index in [1.54, 1.807) is 0 Å². The molecule has 0 N–H and O–H groups in total. The zero-order valence-electron chi connectivity index (χ0n) is 20.3. The summed E-state index contributed by atoms with van der Waals surface area (Å²) in [5, 5.41) is 5.12. The van der Waals surface area contributed by atoms with E-state index in [0.29, 0.717) is 5.92 Å². The van der Waals surface area contributed by atoms with Gasteiger partial charge in [-0.2, -0.15) is 5.10 Å². The van der Waals surface area contributed by atoms with E-state index >= 15 is 0 Å². The van der Waals surface area contributed by atoms with Crippen molar-refractivity contribution in [1.29, 1.82) is 0 Å². The molecule has 1 aromatic carbocycles. The monoisotopic (exact) mass is 428 g/mol. The molecule has 2 aliphatic carbocycles. The second kappa shape index (κ2) is 10.5. The lowest BCUT2D eigenvalue weighted by molar-refractivity contribution is 0.233. The molecule has 32 heavy (non-hydrogen) atoms. The first kappa shape index (κ1) is 22.8. The Labute approximate surface area is 195 Å². The first-order valence-electron chi connectivity index (χ1n) is 12.6. The van der Waals surface area contributed by atoms with Gasteiger partial charge in [0.25, 0.3) is 0 Å². The average Bonchev–Trinajstić information content (AvgIpc) is 3.11. The Balaban J connectivity index is 1.51. The van der Waals surface area contributed by atoms with Gasteiger partial charge in [0.2, 0.25) is 0 Å². The number of hydrogen-bond donors (Lipinski definition) is 0. The van der Waals surface area contributed by atoms with Crippen LogP contribution in [-0.2, 0) is 6.54 Å². The molecule has 2 aromatic rings. The number of aryl methyl sites for hydroxylation is 2. The molecular formula is C30H40N2. The van der Waals surface area contributed by atoms with Crippen LogP contribution in [0.1, 0.15) is 81.2 Å². The molecule has 2 nitrogen and oxygen atoms in total. The number of rotatable bonds is 8. The van der Waals surface area contributed by atoms with Crippen LogP contribution in [0.15, 0.2) is 60.7 Å². The lowest BCUT2D eigenvalue weighted by Crippen LogP contribution is -2.21. The molecule has 4 rings (SSSR count). The summed E-state index contributed by atoms with van der Waals surface area (Å²) >= 11 is 0. The van der Waals surface area contributed by atoms with Gasteiger partial charge in [-0.3, -0.25) is 4.68 Å². The average molecular weight is 429 g/mol. The van der Waals surface area contributed by atoms with Crippen molar-refractivity contribution in [1.82, 2.24) is 9.78 Å². The van der Waals surface area contributed by atoms with Gasteiger partial charge in [0.05, 0.1) is 11.4 Å². The Bertz CT molecular complexity index is 965. The number of hydrogen-bond acceptors (Lipinski definition) is 1. The molecule has 1 aromatic heterocycles. The van der Waals surface area contributed by atoms with Crippen molar-refractivity contribution >= 4 is 0 Å². The Kier molecular flexibility index (Phi) is 7.50. The minimum atomic E-state index is 0.413. The SMILES string of the molecule is C=C(C)CCCC1CCC(Cn2nc(C)c(-c3ccc(C)cc3)c2C2C=CC=CC2)CC1. The summed E-state index contributed by atoms with van der Waals surface area (Å²) in [5.74, 6) is 2.08. The van der Waals surface area contributed by atoms with Crippen molar-refractivity contribution in [3.63, 3.8) is 0 Å². The van der Waals surface area contributed by atoms with Gasteiger partial charge < -0.3 is 0 Å². The summed E-state index contributed by atoms with van der Waals surface area (Å²) in [7, 11) is 0. The zero-order valence-corrected chi connectivity index (χ0v) is 20.3. The van der Waals surface area contributed by atoms with Crippen molar-refractivity contribution in [2.75, 3.05) is 0 Å². The number of nitrogens with zero attached hydrogens (tertiary/aromatic N) is 2. The second-order valence-corrected chi connectivity index (χ2v) is 10.3. The third kappa shape index (κ3) is 5.52. The second-order valence-electron chi connectivity index (χ2n) is 10.3. The molecule has 1 heterocycles. The molecule has 1 unspecified atom stereocenters. The molecular weight excluding hydrogens is 388 g/mol. The van der Waals surface area contributed by atoms with Crippen molar-refractivity contribution in [2.24, 2.45) is 11.8 Å². The van der Waals surface area contributed by atoms with Crippen LogP contribution in [-0.4, -0.2) is 9.78 Å². The van der Waals surface area contributed by atoms with E-state index in [1.807, 2.05) is 0 Å². The topological polar surface area (TPSA) is 17.8 Å². The first-order valence-corrected chi connectivity index (χ1v) is 12.6. The maximum Gasteiger partial charge on any atom is 0.0675 e. The van der Waals surface area contributed by atoms with Crippen LogP contribution in [0, 0.1) is 25.7 Å². The lowest BCUT2D eigenvalue weighted by Gasteiger charge is -2.29. The Hall–Kier alpha value is -2.35. The highest BCUT2D eigenvalue weighted by Gasteiger charge is 2.27. The summed E-state index contributed by atoms with van der Waals surface area (Å²) in [6.45, 7) is 11.6. The predicted octanol–water partition coefficient (Wildman–Crippen LogP) is 8.32. The maximum absolute atomic E-state index is 5.12. The minimum Gasteiger partial charge on any atom is -0.268 e. The number of allylic oxidation sites excluding steroid dienone is 5. The molecule has 0 spiro atoms. The summed E-state index contributed by atoms with van der Waals surface area (Å²) in [6.07, 6.45) is 19.4. The van der Waals surface area contributed by atoms with Gasteiger partial charge >= 0.3 is 0 Å². The molecule has 1 atom stereocenters. The largest absolute Gasteiger partial charge is 0.268 e. The smallest absolute Gasteiger partial charge is 0.0675 e. The van der Waals surface area contributed by atoms with Crippen LogP contribution in [0.25, 0.3) is 11.1 Å². The van der Waals surface area contributed by atoms with Gasteiger partial charge in [0, 0.05) is 18.0 Å². The van der Waals surface area contributed by atoms with E-state index in [0.717, 1.165) is 24.8 Å². The van der Waals surface area contributed by atoms with Crippen LogP contribution >= 0.6 is 0 Å². The molecule has 0 aliphatic heterocycles. The number of aromatic nitrogens is 2. The number of benzene rings is 1. The van der Waals surface area contributed by atoms with E-state index < -0.39 is 0 Å². The van der Waals surface area contributed by atoms with Gasteiger partial charge in [0.15, 0.2) is 0 Å². The van der Waals surface area contributed by atoms with Gasteiger partial charge in [0.1, 0.15) is 0 Å². The predicted molar refractivity (Wildman–Crippen MR) is 137 cm³/mol. The lowest BCUT2D eigenvalue weighted by atomic mass is 9.79. The van der Waals surface area contributed by atoms with Gasteiger partial charge in [-0.25, -0.2) is 0 Å². The van der Waals surface area contributed by atoms with E-state index in [2.05, 4.69) is 80.6 Å². The molecule has 0 amide bonds. The van der Waals surface area contributed by atoms with Crippen LogP contribution in [0.2, 0.25) is 0 Å². The molecule has 2 heteroatoms. The van der Waals surface area contributed by atoms with Gasteiger partial charge in [-0.1, -0.05) is 79.0 Å². The third-order valence-corrected chi connectivity index (χ3v) is 7.45. The molecule has 0 saturated heterocycles. The van der Waals surface area contributed by atoms with Crippen molar-refractivity contribution in [2.45, 2.75) is 84.6 Å². The zero-order chi connectivity index (χ0) is 22.5. The van der Waals surface area contributed by atoms with E-state index in [9.17, 15) is 0 Å². The highest BCUT2D eigenvalue weighted by atomic mass is 15.3. The standard InChI is InChI=1S/C30H40N2/c1-22(2)9-8-10-25-15-17-26(18-16-25)21-32-30(28-11-6-5-7-12-28)29(24(4)31-32)27-19-13-23(3)14-20-27/h5-7,11,13-14,19-20,25-26,28H,1,8-10,12,15-18,21H2,2-4H3. The van der Waals surface area contributed by atoms with Crippen molar-refractivity contribution in [3.8, 4) is 11.1 Å². The van der Waals surface area contributed by atoms with Crippen LogP contribution < -0.4 is 0 Å². The molecule has 1 saturated carbocycles. The first-order chi connectivity index (χ1) is 15.5. The van der Waals surface area contributed by atoms with Crippen LogP contribution in [0.5, 0.6) is 0 Å². The quantitative estimate of drug-likeness (QED) is 0.386. The third-order valence-electron chi connectivity index (χ3n) is 7.45. The summed E-state index contributed by atoms with van der Waals surface area (Å²) < 4.78 is 2.38. The minimum absolute atomic E-state index is 0.413. The summed E-state index contributed by atoms with van der Waals surface area (Å²) in [5.41, 5.74) is 7.87. The fraction of sp³-hybridized carbons (Fsp3) is 0.500. The van der Waals surface area contributed by atoms with E-state index in [4.69, 9.17) is 5.10 Å². The van der Waals surface area contributed by atoms with Gasteiger partial charge in [-0.15, -0.1) is 6.58 Å². The molecule has 1 fully saturated rings. The Morgan fingerprint density at radius 1 is 1.03 bits per heavy atom. The van der Waals surface area contributed by atoms with Crippen LogP contribution in [0.4, 0.5) is 0 Å². The highest BCUT2D eigenvalue weighted by Crippen LogP contribution is 2.38. The summed E-state index contributed by atoms with van der Waals surface area (Å²) in [4.78, 5) is 0. The van der Waals surface area contributed by atoms with Crippen molar-refractivity contribution in [3.05, 3.63) is 77.7 Å². The van der Waals surface area contributed by atoms with E-state index in [1.165, 1.54) is 78.6 Å². The molecule has 0 radical (unpaired) electrons. The Morgan fingerprint density at radius 3 is 2.41 bits per heavy atom. The maximum atomic E-state index is 5.12. The molecule has 2 aliphatic rings. The Morgan fingerprint density at radius 2 is 1.75 bits per heavy atom. The normalized spacial score (nSPS) is 22.9. The fourth-order valence-electron chi connectivity index (χ4n) is 5.62. The van der Waals surface area contributed by atoms with Gasteiger partial charge in [-0.05, 0) is 70.3 Å². The van der Waals surface area contributed by atoms with Crippen molar-refractivity contribution < 1.29 is 0 Å². The molecule has 170 valence electrons.